The molecule has 1 aliphatic heterocycles. The van der Waals surface area contributed by atoms with E-state index in [-0.39, 0.29) is 23.9 Å². The second-order valence-corrected chi connectivity index (χ2v) is 6.78. The third-order valence-corrected chi connectivity index (χ3v) is 4.57. The van der Waals surface area contributed by atoms with Crippen LogP contribution >= 0.6 is 15.9 Å². The molecule has 0 radical (unpaired) electrons. The summed E-state index contributed by atoms with van der Waals surface area (Å²) in [6.45, 7) is 6.14. The van der Waals surface area contributed by atoms with Gasteiger partial charge in [0.1, 0.15) is 6.04 Å². The number of benzene rings is 1. The van der Waals surface area contributed by atoms with Crippen LogP contribution < -0.4 is 10.6 Å². The van der Waals surface area contributed by atoms with Gasteiger partial charge in [-0.05, 0) is 50.6 Å². The Balaban J connectivity index is 1.97. The number of rotatable bonds is 6. The van der Waals surface area contributed by atoms with E-state index in [2.05, 4.69) is 26.6 Å². The van der Waals surface area contributed by atoms with Crippen LogP contribution in [0.25, 0.3) is 0 Å². The molecule has 5 nitrogen and oxygen atoms in total. The summed E-state index contributed by atoms with van der Waals surface area (Å²) in [4.78, 5) is 26.7. The lowest BCUT2D eigenvalue weighted by Crippen LogP contribution is -2.48. The molecule has 0 saturated carbocycles. The topological polar surface area (TPSA) is 61.4 Å². The highest BCUT2D eigenvalue weighted by atomic mass is 79.9. The summed E-state index contributed by atoms with van der Waals surface area (Å²) in [6.07, 6.45) is 1.59. The van der Waals surface area contributed by atoms with E-state index in [9.17, 15) is 9.59 Å². The normalized spacial score (nSPS) is 18.7. The third-order valence-electron chi connectivity index (χ3n) is 4.04. The molecule has 6 heteroatoms. The molecule has 1 aromatic rings. The van der Waals surface area contributed by atoms with Crippen molar-refractivity contribution in [2.75, 3.05) is 19.6 Å². The first kappa shape index (κ1) is 17.9. The minimum absolute atomic E-state index is 0.0577. The molecule has 1 aliphatic rings. The number of likely N-dealkylation sites (tertiary alicyclic amines) is 1. The Bertz CT molecular complexity index is 547. The molecule has 1 unspecified atom stereocenters. The number of likely N-dealkylation sites (N-methyl/N-ethyl adjacent to an activating group) is 1. The van der Waals surface area contributed by atoms with Crippen LogP contribution in [0.5, 0.6) is 0 Å². The largest absolute Gasteiger partial charge is 0.353 e. The Morgan fingerprint density at radius 2 is 2.04 bits per heavy atom. The maximum Gasteiger partial charge on any atom is 0.254 e. The quantitative estimate of drug-likeness (QED) is 0.793. The first-order valence-electron chi connectivity index (χ1n) is 8.10. The van der Waals surface area contributed by atoms with Crippen molar-refractivity contribution < 1.29 is 9.59 Å². The van der Waals surface area contributed by atoms with Gasteiger partial charge in [-0.1, -0.05) is 22.9 Å². The summed E-state index contributed by atoms with van der Waals surface area (Å²) < 4.78 is 0.933. The van der Waals surface area contributed by atoms with Gasteiger partial charge in [0.2, 0.25) is 5.91 Å². The molecule has 1 aromatic carbocycles. The number of carbonyl (C=O) groups is 2. The lowest BCUT2D eigenvalue weighted by molar-refractivity contribution is -0.124. The maximum absolute atomic E-state index is 12.6. The van der Waals surface area contributed by atoms with Gasteiger partial charge >= 0.3 is 0 Å². The van der Waals surface area contributed by atoms with Crippen molar-refractivity contribution in [2.24, 2.45) is 0 Å². The summed E-state index contributed by atoms with van der Waals surface area (Å²) in [7, 11) is 0. The highest BCUT2D eigenvalue weighted by Crippen LogP contribution is 2.21. The van der Waals surface area contributed by atoms with Crippen LogP contribution in [-0.2, 0) is 4.79 Å². The van der Waals surface area contributed by atoms with Crippen molar-refractivity contribution in [1.82, 2.24) is 15.5 Å². The van der Waals surface area contributed by atoms with Gasteiger partial charge in [0, 0.05) is 29.2 Å². The summed E-state index contributed by atoms with van der Waals surface area (Å²) >= 11 is 3.36. The zero-order valence-corrected chi connectivity index (χ0v) is 15.2. The van der Waals surface area contributed by atoms with E-state index in [0.717, 1.165) is 23.9 Å². The number of hydrogen-bond acceptors (Lipinski definition) is 3. The monoisotopic (exact) mass is 381 g/mol. The Morgan fingerprint density at radius 1 is 1.35 bits per heavy atom. The van der Waals surface area contributed by atoms with Gasteiger partial charge in [-0.3, -0.25) is 9.59 Å². The zero-order valence-electron chi connectivity index (χ0n) is 13.6. The molecule has 2 amide bonds. The van der Waals surface area contributed by atoms with Crippen LogP contribution in [0.2, 0.25) is 0 Å². The van der Waals surface area contributed by atoms with E-state index in [1.165, 1.54) is 0 Å². The molecule has 1 heterocycles. The number of halogens is 1. The smallest absolute Gasteiger partial charge is 0.254 e. The lowest BCUT2D eigenvalue weighted by atomic mass is 10.1. The van der Waals surface area contributed by atoms with E-state index >= 15 is 0 Å². The Kier molecular flexibility index (Phi) is 6.59. The fraction of sp³-hybridized carbons (Fsp3) is 0.529. The van der Waals surface area contributed by atoms with Gasteiger partial charge < -0.3 is 15.5 Å². The van der Waals surface area contributed by atoms with Crippen molar-refractivity contribution >= 4 is 27.7 Å². The summed E-state index contributed by atoms with van der Waals surface area (Å²) in [5, 5.41) is 6.21. The Hall–Kier alpha value is -1.40. The van der Waals surface area contributed by atoms with Crippen LogP contribution in [0.15, 0.2) is 28.7 Å². The van der Waals surface area contributed by atoms with Crippen LogP contribution in [0.4, 0.5) is 0 Å². The number of carbonyl (C=O) groups excluding carboxylic acids is 2. The molecular formula is C17H24BrN3O2. The average Bonchev–Trinajstić information content (AvgIpc) is 3.02. The van der Waals surface area contributed by atoms with Crippen molar-refractivity contribution in [1.29, 1.82) is 0 Å². The van der Waals surface area contributed by atoms with Crippen molar-refractivity contribution in [2.45, 2.75) is 38.8 Å². The molecule has 126 valence electrons. The predicted octanol–water partition coefficient (Wildman–Crippen LogP) is 2.17. The zero-order chi connectivity index (χ0) is 16.8. The molecular weight excluding hydrogens is 358 g/mol. The highest BCUT2D eigenvalue weighted by molar-refractivity contribution is 9.10. The molecule has 0 aromatic heterocycles. The molecule has 0 aliphatic carbocycles. The van der Waals surface area contributed by atoms with Gasteiger partial charge in [-0.25, -0.2) is 0 Å². The van der Waals surface area contributed by atoms with Gasteiger partial charge in [0.25, 0.3) is 5.91 Å². The first-order chi connectivity index (χ1) is 11.0. The number of nitrogens with zero attached hydrogens (tertiary/aromatic N) is 1. The Morgan fingerprint density at radius 3 is 2.70 bits per heavy atom. The van der Waals surface area contributed by atoms with Gasteiger partial charge in [-0.15, -0.1) is 0 Å². The third kappa shape index (κ3) is 4.78. The molecule has 2 atom stereocenters. The number of hydrogen-bond donors (Lipinski definition) is 2. The fourth-order valence-electron chi connectivity index (χ4n) is 2.83. The number of amides is 2. The molecule has 2 rings (SSSR count). The van der Waals surface area contributed by atoms with Crippen LogP contribution in [-0.4, -0.2) is 48.4 Å². The summed E-state index contributed by atoms with van der Waals surface area (Å²) in [6, 6.07) is 7.12. The van der Waals surface area contributed by atoms with Crippen molar-refractivity contribution in [3.05, 3.63) is 34.3 Å². The molecule has 1 saturated heterocycles. The van der Waals surface area contributed by atoms with Gasteiger partial charge in [0.05, 0.1) is 0 Å². The van der Waals surface area contributed by atoms with E-state index < -0.39 is 0 Å². The van der Waals surface area contributed by atoms with Crippen LogP contribution in [0.1, 0.15) is 37.0 Å². The molecule has 0 bridgehead atoms. The predicted molar refractivity (Wildman–Crippen MR) is 94.3 cm³/mol. The van der Waals surface area contributed by atoms with E-state index in [0.29, 0.717) is 18.7 Å². The summed E-state index contributed by atoms with van der Waals surface area (Å²) in [5.41, 5.74) is 0.619. The maximum atomic E-state index is 12.6. The average molecular weight is 382 g/mol. The summed E-state index contributed by atoms with van der Waals surface area (Å²) in [5.74, 6) is -0.132. The highest BCUT2D eigenvalue weighted by Gasteiger charge is 2.34. The van der Waals surface area contributed by atoms with Gasteiger partial charge in [-0.2, -0.15) is 0 Å². The van der Waals surface area contributed by atoms with E-state index in [4.69, 9.17) is 0 Å². The second kappa shape index (κ2) is 8.45. The molecule has 1 fully saturated rings. The minimum atomic E-state index is -0.361. The van der Waals surface area contributed by atoms with E-state index in [1.807, 2.05) is 26.0 Å². The first-order valence-corrected chi connectivity index (χ1v) is 8.90. The fourth-order valence-corrected chi connectivity index (χ4v) is 3.10. The molecule has 2 N–H and O–H groups in total. The Labute approximate surface area is 145 Å². The van der Waals surface area contributed by atoms with Crippen molar-refractivity contribution in [3.63, 3.8) is 0 Å². The standard InChI is InChI=1S/C17H24BrN3O2/c1-3-19-12(2)11-20-16(22)15-5-4-10-21(15)17(23)13-6-8-14(18)9-7-13/h6-9,12,15,19H,3-5,10-11H2,1-2H3,(H,20,22)/t12-,15?/m1/s1. The van der Waals surface area contributed by atoms with Crippen molar-refractivity contribution in [3.8, 4) is 0 Å². The SMILES string of the molecule is CCN[C@H](C)CNC(=O)C1CCCN1C(=O)c1ccc(Br)cc1. The molecule has 0 spiro atoms. The minimum Gasteiger partial charge on any atom is -0.353 e. The second-order valence-electron chi connectivity index (χ2n) is 5.87. The lowest BCUT2D eigenvalue weighted by Gasteiger charge is -2.25. The number of nitrogens with one attached hydrogen (secondary N) is 2. The van der Waals surface area contributed by atoms with E-state index in [1.54, 1.807) is 17.0 Å². The van der Waals surface area contributed by atoms with Crippen LogP contribution in [0.3, 0.4) is 0 Å². The van der Waals surface area contributed by atoms with Gasteiger partial charge in [0.15, 0.2) is 0 Å². The molecule has 23 heavy (non-hydrogen) atoms. The van der Waals surface area contributed by atoms with Crippen LogP contribution in [0, 0.1) is 0 Å².